The van der Waals surface area contributed by atoms with Crippen molar-refractivity contribution in [3.8, 4) is 0 Å². The fourth-order valence-corrected chi connectivity index (χ4v) is 0.746. The van der Waals surface area contributed by atoms with E-state index in [1.807, 2.05) is 0 Å². The lowest BCUT2D eigenvalue weighted by Crippen LogP contribution is -1.94. The summed E-state index contributed by atoms with van der Waals surface area (Å²) in [7, 11) is 0. The lowest BCUT2D eigenvalue weighted by atomic mass is 10.2. The van der Waals surface area contributed by atoms with E-state index < -0.39 is 11.6 Å². The highest BCUT2D eigenvalue weighted by atomic mass is 19.1. The second kappa shape index (κ2) is 3.80. The minimum atomic E-state index is -0.731. The van der Waals surface area contributed by atoms with Crippen LogP contribution in [0, 0.1) is 11.6 Å². The van der Waals surface area contributed by atoms with Crippen molar-refractivity contribution in [2.75, 3.05) is 0 Å². The molecule has 63 valence electrons. The third kappa shape index (κ3) is 2.02. The first-order valence-electron chi connectivity index (χ1n) is 3.17. The Hall–Kier alpha value is -1.45. The van der Waals surface area contributed by atoms with Gasteiger partial charge in [0.15, 0.2) is 0 Å². The molecular weight excluding hydrogens is 166 g/mol. The second-order valence-electron chi connectivity index (χ2n) is 2.11. The molecule has 0 fully saturated rings. The van der Waals surface area contributed by atoms with Crippen LogP contribution in [-0.2, 0) is 16.1 Å². The molecule has 0 atom stereocenters. The monoisotopic (exact) mass is 171 g/mol. The molecule has 0 aliphatic carbocycles. The highest BCUT2D eigenvalue weighted by molar-refractivity contribution is 5.38. The minimum Gasteiger partial charge on any atom is -0.452 e. The van der Waals surface area contributed by atoms with Gasteiger partial charge in [0, 0.05) is 11.6 Å². The van der Waals surface area contributed by atoms with Crippen LogP contribution in [0.4, 0.5) is 8.78 Å². The summed E-state index contributed by atoms with van der Waals surface area (Å²) in [5.74, 6) is -1.39. The van der Waals surface area contributed by atoms with Gasteiger partial charge in [-0.15, -0.1) is 0 Å². The van der Waals surface area contributed by atoms with E-state index in [1.165, 1.54) is 6.07 Å². The van der Waals surface area contributed by atoms with Gasteiger partial charge in [0.05, 0.1) is 0 Å². The molecule has 0 saturated carbocycles. The van der Waals surface area contributed by atoms with Gasteiger partial charge in [-0.1, -0.05) is 0 Å². The Bertz CT molecular complexity index is 286. The molecule has 0 aliphatic rings. The van der Waals surface area contributed by atoms with Crippen LogP contribution in [-0.4, -0.2) is 6.47 Å². The molecule has 0 bridgehead atoms. The van der Waals surface area contributed by atoms with Crippen molar-refractivity contribution < 1.29 is 18.3 Å². The average Bonchev–Trinajstić information content (AvgIpc) is 2.03. The third-order valence-electron chi connectivity index (χ3n) is 1.30. The van der Waals surface area contributed by atoms with Gasteiger partial charge >= 0.3 is 6.47 Å². The smallest absolute Gasteiger partial charge is 0.417 e. The number of halogens is 2. The van der Waals surface area contributed by atoms with Crippen molar-refractivity contribution in [3.05, 3.63) is 35.4 Å². The van der Waals surface area contributed by atoms with Crippen molar-refractivity contribution in [1.82, 2.24) is 0 Å². The van der Waals surface area contributed by atoms with Gasteiger partial charge in [-0.3, -0.25) is 0 Å². The lowest BCUT2D eigenvalue weighted by Gasteiger charge is -1.99. The number of carbonyl (C=O) groups excluding carboxylic acids is 1. The van der Waals surface area contributed by atoms with Gasteiger partial charge in [-0.05, 0) is 12.1 Å². The van der Waals surface area contributed by atoms with E-state index in [4.69, 9.17) is 0 Å². The van der Waals surface area contributed by atoms with Gasteiger partial charge in [0.2, 0.25) is 0 Å². The fourth-order valence-electron chi connectivity index (χ4n) is 0.746. The topological polar surface area (TPSA) is 26.3 Å². The molecule has 1 aromatic carbocycles. The number of hydrogen-bond donors (Lipinski definition) is 0. The summed E-state index contributed by atoms with van der Waals surface area (Å²) in [4.78, 5) is 9.61. The summed E-state index contributed by atoms with van der Waals surface area (Å²) >= 11 is 0. The van der Waals surface area contributed by atoms with Gasteiger partial charge in [-0.25, -0.2) is 13.6 Å². The van der Waals surface area contributed by atoms with Crippen molar-refractivity contribution in [2.45, 2.75) is 6.61 Å². The standard InChI is InChI=1S/C8H5F2O2/c9-7-2-1-6(4-12-5-11)8(10)3-7/h1-3H,4H2. The van der Waals surface area contributed by atoms with E-state index in [2.05, 4.69) is 4.74 Å². The Labute approximate surface area is 67.8 Å². The molecule has 0 aliphatic heterocycles. The fraction of sp³-hybridized carbons (Fsp3) is 0.125. The Kier molecular flexibility index (Phi) is 2.74. The zero-order chi connectivity index (χ0) is 8.97. The van der Waals surface area contributed by atoms with Crippen LogP contribution in [0.1, 0.15) is 5.56 Å². The predicted octanol–water partition coefficient (Wildman–Crippen LogP) is 1.55. The molecule has 2 nitrogen and oxygen atoms in total. The number of hydrogen-bond acceptors (Lipinski definition) is 2. The van der Waals surface area contributed by atoms with E-state index in [1.54, 1.807) is 0 Å². The quantitative estimate of drug-likeness (QED) is 0.689. The molecule has 0 N–H and O–H groups in total. The number of rotatable bonds is 3. The number of ether oxygens (including phenoxy) is 1. The van der Waals surface area contributed by atoms with Gasteiger partial charge < -0.3 is 4.74 Å². The zero-order valence-corrected chi connectivity index (χ0v) is 6.01. The number of benzene rings is 1. The maximum atomic E-state index is 12.7. The van der Waals surface area contributed by atoms with E-state index in [0.29, 0.717) is 0 Å². The van der Waals surface area contributed by atoms with Crippen molar-refractivity contribution >= 4 is 6.47 Å². The summed E-state index contributed by atoms with van der Waals surface area (Å²) in [6.45, 7) is 0.921. The molecule has 1 radical (unpaired) electrons. The molecule has 4 heteroatoms. The first kappa shape index (κ1) is 8.64. The normalized spacial score (nSPS) is 9.50. The SMILES string of the molecule is O=[C]OCc1ccc(F)cc1F. The molecule has 0 saturated heterocycles. The van der Waals surface area contributed by atoms with Crippen LogP contribution in [0.5, 0.6) is 0 Å². The summed E-state index contributed by atoms with van der Waals surface area (Å²) in [5, 5.41) is 0. The molecule has 12 heavy (non-hydrogen) atoms. The third-order valence-corrected chi connectivity index (χ3v) is 1.30. The Morgan fingerprint density at radius 3 is 2.75 bits per heavy atom. The lowest BCUT2D eigenvalue weighted by molar-refractivity contribution is 0.262. The predicted molar refractivity (Wildman–Crippen MR) is 36.8 cm³/mol. The van der Waals surface area contributed by atoms with Gasteiger partial charge in [0.25, 0.3) is 0 Å². The summed E-state index contributed by atoms with van der Waals surface area (Å²) < 4.78 is 29.2. The van der Waals surface area contributed by atoms with Crippen molar-refractivity contribution in [1.29, 1.82) is 0 Å². The van der Waals surface area contributed by atoms with Crippen molar-refractivity contribution in [2.24, 2.45) is 0 Å². The molecule has 1 rings (SSSR count). The van der Waals surface area contributed by atoms with Gasteiger partial charge in [0.1, 0.15) is 18.2 Å². The Morgan fingerprint density at radius 1 is 1.42 bits per heavy atom. The van der Waals surface area contributed by atoms with Crippen molar-refractivity contribution in [3.63, 3.8) is 0 Å². The molecule has 0 spiro atoms. The maximum absolute atomic E-state index is 12.7. The van der Waals surface area contributed by atoms with E-state index in [-0.39, 0.29) is 12.2 Å². The summed E-state index contributed by atoms with van der Waals surface area (Å²) in [6.07, 6.45) is 0. The van der Waals surface area contributed by atoms with E-state index >= 15 is 0 Å². The highest BCUT2D eigenvalue weighted by Crippen LogP contribution is 2.09. The molecule has 0 aromatic heterocycles. The zero-order valence-electron chi connectivity index (χ0n) is 6.01. The molecule has 0 unspecified atom stereocenters. The minimum absolute atomic E-state index is 0.125. The van der Waals surface area contributed by atoms with Crippen LogP contribution in [0.3, 0.4) is 0 Å². The van der Waals surface area contributed by atoms with E-state index in [0.717, 1.165) is 18.6 Å². The first-order chi connectivity index (χ1) is 5.74. The van der Waals surface area contributed by atoms with Gasteiger partial charge in [-0.2, -0.15) is 0 Å². The van der Waals surface area contributed by atoms with Crippen LogP contribution in [0.2, 0.25) is 0 Å². The van der Waals surface area contributed by atoms with Crippen LogP contribution >= 0.6 is 0 Å². The Morgan fingerprint density at radius 2 is 2.17 bits per heavy atom. The Balaban J connectivity index is 2.78. The summed E-state index contributed by atoms with van der Waals surface area (Å²) in [6, 6.07) is 3.03. The van der Waals surface area contributed by atoms with Crippen LogP contribution in [0.25, 0.3) is 0 Å². The first-order valence-corrected chi connectivity index (χ1v) is 3.17. The molecular formula is C8H5F2O2. The maximum Gasteiger partial charge on any atom is 0.417 e. The summed E-state index contributed by atoms with van der Waals surface area (Å²) in [5.41, 5.74) is 0.125. The van der Waals surface area contributed by atoms with Crippen LogP contribution in [0.15, 0.2) is 18.2 Å². The molecule has 1 aromatic rings. The second-order valence-corrected chi connectivity index (χ2v) is 2.11. The highest BCUT2D eigenvalue weighted by Gasteiger charge is 2.03. The molecule has 0 heterocycles. The average molecular weight is 171 g/mol. The van der Waals surface area contributed by atoms with E-state index in [9.17, 15) is 13.6 Å². The molecule has 0 amide bonds. The largest absolute Gasteiger partial charge is 0.452 e. The van der Waals surface area contributed by atoms with Crippen LogP contribution < -0.4 is 0 Å².